The fourth-order valence-electron chi connectivity index (χ4n) is 2.79. The molecular weight excluding hydrogens is 300 g/mol. The molecule has 0 atom stereocenters. The van der Waals surface area contributed by atoms with Crippen molar-refractivity contribution in [3.05, 3.63) is 46.5 Å². The minimum Gasteiger partial charge on any atom is -0.326 e. The second-order valence-corrected chi connectivity index (χ2v) is 5.81. The van der Waals surface area contributed by atoms with Crippen LogP contribution in [0.1, 0.15) is 25.0 Å². The van der Waals surface area contributed by atoms with E-state index in [1.54, 1.807) is 0 Å². The third kappa shape index (κ3) is 2.70. The first-order chi connectivity index (χ1) is 10.4. The largest absolute Gasteiger partial charge is 0.326 e. The maximum absolute atomic E-state index is 11.2. The molecule has 2 amide bonds. The lowest BCUT2D eigenvalue weighted by Gasteiger charge is -2.09. The number of anilines is 2. The van der Waals surface area contributed by atoms with Crippen LogP contribution in [0.25, 0.3) is 11.1 Å². The Morgan fingerprint density at radius 2 is 1.64 bits per heavy atom. The first kappa shape index (κ1) is 14.6. The van der Waals surface area contributed by atoms with Crippen LogP contribution in [-0.4, -0.2) is 11.8 Å². The molecule has 0 aliphatic heterocycles. The summed E-state index contributed by atoms with van der Waals surface area (Å²) in [7, 11) is 0. The molecule has 0 saturated carbocycles. The van der Waals surface area contributed by atoms with Gasteiger partial charge in [-0.2, -0.15) is 0 Å². The molecule has 22 heavy (non-hydrogen) atoms. The Labute approximate surface area is 133 Å². The van der Waals surface area contributed by atoms with Crippen LogP contribution in [0.4, 0.5) is 11.4 Å². The van der Waals surface area contributed by atoms with E-state index in [2.05, 4.69) is 10.6 Å². The van der Waals surface area contributed by atoms with Crippen LogP contribution >= 0.6 is 11.6 Å². The van der Waals surface area contributed by atoms with Crippen molar-refractivity contribution in [3.63, 3.8) is 0 Å². The number of nitrogens with one attached hydrogen (secondary N) is 2. The Morgan fingerprint density at radius 1 is 0.955 bits per heavy atom. The second kappa shape index (κ2) is 5.46. The summed E-state index contributed by atoms with van der Waals surface area (Å²) in [6, 6.07) is 9.64. The number of amides is 2. The summed E-state index contributed by atoms with van der Waals surface area (Å²) < 4.78 is 0. The summed E-state index contributed by atoms with van der Waals surface area (Å²) >= 11 is 6.25. The van der Waals surface area contributed by atoms with Crippen LogP contribution in [0.3, 0.4) is 0 Å². The Balaban J connectivity index is 1.99. The molecular formula is C17H15ClN2O2. The predicted molar refractivity (Wildman–Crippen MR) is 88.3 cm³/mol. The minimum absolute atomic E-state index is 0.0912. The number of carbonyl (C=O) groups excluding carboxylic acids is 2. The molecule has 0 spiro atoms. The minimum atomic E-state index is -0.148. The fourth-order valence-corrected chi connectivity index (χ4v) is 3.00. The van der Waals surface area contributed by atoms with Crippen LogP contribution in [0.15, 0.2) is 30.3 Å². The lowest BCUT2D eigenvalue weighted by Crippen LogP contribution is -2.06. The van der Waals surface area contributed by atoms with E-state index >= 15 is 0 Å². The van der Waals surface area contributed by atoms with Crippen molar-refractivity contribution < 1.29 is 9.59 Å². The van der Waals surface area contributed by atoms with E-state index in [-0.39, 0.29) is 11.8 Å². The Morgan fingerprint density at radius 3 is 2.32 bits per heavy atom. The van der Waals surface area contributed by atoms with E-state index in [0.29, 0.717) is 10.7 Å². The molecule has 0 radical (unpaired) electrons. The molecule has 112 valence electrons. The van der Waals surface area contributed by atoms with Crippen molar-refractivity contribution in [3.8, 4) is 11.1 Å². The normalized spacial score (nSPS) is 11.6. The molecule has 0 heterocycles. The van der Waals surface area contributed by atoms with Gasteiger partial charge in [0, 0.05) is 19.5 Å². The first-order valence-corrected chi connectivity index (χ1v) is 7.33. The molecule has 0 aromatic heterocycles. The number of hydrogen-bond donors (Lipinski definition) is 2. The highest BCUT2D eigenvalue weighted by molar-refractivity contribution is 6.34. The number of carbonyl (C=O) groups is 2. The number of fused-ring (bicyclic) bond motifs is 3. The van der Waals surface area contributed by atoms with E-state index in [1.807, 2.05) is 30.3 Å². The second-order valence-electron chi connectivity index (χ2n) is 5.40. The van der Waals surface area contributed by atoms with Crippen molar-refractivity contribution in [1.29, 1.82) is 0 Å². The zero-order valence-electron chi connectivity index (χ0n) is 12.3. The smallest absolute Gasteiger partial charge is 0.221 e. The van der Waals surface area contributed by atoms with Crippen LogP contribution in [0.2, 0.25) is 5.02 Å². The standard InChI is InChI=1S/C17H15ClN2O2/c1-9(21)19-13-3-4-14-11(6-13)5-12-7-17(20-10(2)22)16(18)8-15(12)14/h3-4,6-8H,5H2,1-2H3,(H,19,21)(H,20,22). The van der Waals surface area contributed by atoms with Gasteiger partial charge in [0.15, 0.2) is 0 Å². The topological polar surface area (TPSA) is 58.2 Å². The number of halogens is 1. The van der Waals surface area contributed by atoms with Crippen LogP contribution in [0, 0.1) is 0 Å². The lowest BCUT2D eigenvalue weighted by molar-refractivity contribution is -0.115. The third-order valence-electron chi connectivity index (χ3n) is 3.60. The number of benzene rings is 2. The van der Waals surface area contributed by atoms with E-state index < -0.39 is 0 Å². The van der Waals surface area contributed by atoms with Crippen molar-refractivity contribution in [2.24, 2.45) is 0 Å². The van der Waals surface area contributed by atoms with Crippen molar-refractivity contribution in [1.82, 2.24) is 0 Å². The highest BCUT2D eigenvalue weighted by atomic mass is 35.5. The molecule has 4 nitrogen and oxygen atoms in total. The average Bonchev–Trinajstić information content (AvgIpc) is 2.74. The molecule has 5 heteroatoms. The monoisotopic (exact) mass is 314 g/mol. The van der Waals surface area contributed by atoms with Gasteiger partial charge in [-0.1, -0.05) is 17.7 Å². The zero-order chi connectivity index (χ0) is 15.9. The van der Waals surface area contributed by atoms with Crippen LogP contribution in [0.5, 0.6) is 0 Å². The predicted octanol–water partition coefficient (Wildman–Crippen LogP) is 3.83. The van der Waals surface area contributed by atoms with E-state index in [1.165, 1.54) is 13.8 Å². The van der Waals surface area contributed by atoms with Gasteiger partial charge in [0.25, 0.3) is 0 Å². The van der Waals surface area contributed by atoms with Gasteiger partial charge < -0.3 is 10.6 Å². The Hall–Kier alpha value is -2.33. The van der Waals surface area contributed by atoms with Gasteiger partial charge in [0.05, 0.1) is 10.7 Å². The summed E-state index contributed by atoms with van der Waals surface area (Å²) in [5.41, 5.74) is 5.85. The van der Waals surface area contributed by atoms with Crippen molar-refractivity contribution >= 4 is 34.8 Å². The Bertz CT molecular complexity index is 799. The third-order valence-corrected chi connectivity index (χ3v) is 3.91. The van der Waals surface area contributed by atoms with Gasteiger partial charge in [-0.25, -0.2) is 0 Å². The van der Waals surface area contributed by atoms with E-state index in [4.69, 9.17) is 11.6 Å². The van der Waals surface area contributed by atoms with Gasteiger partial charge in [-0.3, -0.25) is 9.59 Å². The summed E-state index contributed by atoms with van der Waals surface area (Å²) in [5.74, 6) is -0.239. The highest BCUT2D eigenvalue weighted by Crippen LogP contribution is 2.41. The van der Waals surface area contributed by atoms with Crippen molar-refractivity contribution in [2.45, 2.75) is 20.3 Å². The van der Waals surface area contributed by atoms with Gasteiger partial charge in [-0.15, -0.1) is 0 Å². The zero-order valence-corrected chi connectivity index (χ0v) is 13.0. The summed E-state index contributed by atoms with van der Waals surface area (Å²) in [5, 5.41) is 6.05. The quantitative estimate of drug-likeness (QED) is 0.755. The fraction of sp³-hybridized carbons (Fsp3) is 0.176. The maximum atomic E-state index is 11.2. The number of rotatable bonds is 2. The molecule has 1 aliphatic rings. The molecule has 2 aromatic rings. The molecule has 3 rings (SSSR count). The van der Waals surface area contributed by atoms with Gasteiger partial charge in [0.2, 0.25) is 11.8 Å². The van der Waals surface area contributed by atoms with Gasteiger partial charge >= 0.3 is 0 Å². The van der Waals surface area contributed by atoms with Crippen molar-refractivity contribution in [2.75, 3.05) is 10.6 Å². The summed E-state index contributed by atoms with van der Waals surface area (Å²) in [6.45, 7) is 2.94. The highest BCUT2D eigenvalue weighted by Gasteiger charge is 2.21. The van der Waals surface area contributed by atoms with Crippen LogP contribution < -0.4 is 10.6 Å². The summed E-state index contributed by atoms with van der Waals surface area (Å²) in [6.07, 6.45) is 0.752. The molecule has 0 unspecified atom stereocenters. The molecule has 0 saturated heterocycles. The van der Waals surface area contributed by atoms with Crippen LogP contribution in [-0.2, 0) is 16.0 Å². The molecule has 0 fully saturated rings. The SMILES string of the molecule is CC(=O)Nc1ccc2c(c1)Cc1cc(NC(C)=O)c(Cl)cc1-2. The molecule has 2 aromatic carbocycles. The molecule has 1 aliphatic carbocycles. The van der Waals surface area contributed by atoms with E-state index in [9.17, 15) is 9.59 Å². The lowest BCUT2D eigenvalue weighted by atomic mass is 10.0. The molecule has 0 bridgehead atoms. The Kier molecular flexibility index (Phi) is 3.62. The summed E-state index contributed by atoms with van der Waals surface area (Å²) in [4.78, 5) is 22.4. The number of hydrogen-bond acceptors (Lipinski definition) is 2. The van der Waals surface area contributed by atoms with E-state index in [0.717, 1.165) is 34.4 Å². The maximum Gasteiger partial charge on any atom is 0.221 e. The van der Waals surface area contributed by atoms with Gasteiger partial charge in [0.1, 0.15) is 0 Å². The molecule has 2 N–H and O–H groups in total. The average molecular weight is 315 g/mol. The first-order valence-electron chi connectivity index (χ1n) is 6.95. The van der Waals surface area contributed by atoms with Gasteiger partial charge in [-0.05, 0) is 52.9 Å².